The molecule has 0 fully saturated rings. The Hall–Kier alpha value is -3.47. The van der Waals surface area contributed by atoms with Crippen LogP contribution in [0.3, 0.4) is 0 Å². The summed E-state index contributed by atoms with van der Waals surface area (Å²) in [4.78, 5) is 11.8. The van der Waals surface area contributed by atoms with Gasteiger partial charge in [0.15, 0.2) is 11.5 Å². The number of hydrogen-bond donors (Lipinski definition) is 2. The molecule has 2 N–H and O–H groups in total. The van der Waals surface area contributed by atoms with Crippen LogP contribution in [0.4, 0.5) is 11.4 Å². The molecule has 31 heavy (non-hydrogen) atoms. The summed E-state index contributed by atoms with van der Waals surface area (Å²) < 4.78 is 11.8. The Labute approximate surface area is 184 Å². The van der Waals surface area contributed by atoms with E-state index < -0.39 is 0 Å². The van der Waals surface area contributed by atoms with Crippen LogP contribution in [0.5, 0.6) is 11.5 Å². The summed E-state index contributed by atoms with van der Waals surface area (Å²) in [7, 11) is 0. The highest BCUT2D eigenvalue weighted by Gasteiger charge is 2.08. The fraction of sp³-hybridized carbons (Fsp3) is 0.269. The number of benzene rings is 3. The summed E-state index contributed by atoms with van der Waals surface area (Å²) in [5, 5.41) is 6.30. The second kappa shape index (κ2) is 11.1. The van der Waals surface area contributed by atoms with Crippen molar-refractivity contribution in [1.82, 2.24) is 0 Å². The molecule has 3 aromatic rings. The fourth-order valence-corrected chi connectivity index (χ4v) is 2.95. The Balaban J connectivity index is 1.59. The zero-order valence-corrected chi connectivity index (χ0v) is 18.4. The predicted octanol–water partition coefficient (Wildman–Crippen LogP) is 5.87. The molecule has 0 aliphatic heterocycles. The van der Waals surface area contributed by atoms with E-state index in [0.29, 0.717) is 19.8 Å². The standard InChI is InChI=1S/C26H30N2O3/c1-4-30-25-16-21(10-15-24(25)31-18-20-8-6-5-7-9-20)17-27-22-11-13-23(14-12-22)28-26(29)19(2)3/h5-16,19,27H,4,17-18H2,1-3H3,(H,28,29). The summed E-state index contributed by atoms with van der Waals surface area (Å²) in [5.41, 5.74) is 3.98. The lowest BCUT2D eigenvalue weighted by Crippen LogP contribution is -2.17. The number of carbonyl (C=O) groups excluding carboxylic acids is 1. The average molecular weight is 419 g/mol. The first-order valence-electron chi connectivity index (χ1n) is 10.6. The van der Waals surface area contributed by atoms with Gasteiger partial charge in [0.25, 0.3) is 0 Å². The fourth-order valence-electron chi connectivity index (χ4n) is 2.95. The molecule has 0 radical (unpaired) electrons. The van der Waals surface area contributed by atoms with Crippen molar-refractivity contribution in [2.45, 2.75) is 33.9 Å². The molecule has 3 rings (SSSR count). The van der Waals surface area contributed by atoms with Gasteiger partial charge in [0.1, 0.15) is 6.61 Å². The largest absolute Gasteiger partial charge is 0.490 e. The molecular formula is C26H30N2O3. The molecule has 162 valence electrons. The number of nitrogens with one attached hydrogen (secondary N) is 2. The van der Waals surface area contributed by atoms with Crippen molar-refractivity contribution in [2.75, 3.05) is 17.2 Å². The molecule has 0 spiro atoms. The Morgan fingerprint density at radius 2 is 1.55 bits per heavy atom. The number of carbonyl (C=O) groups is 1. The van der Waals surface area contributed by atoms with Gasteiger partial charge in [-0.2, -0.15) is 0 Å². The van der Waals surface area contributed by atoms with Gasteiger partial charge in [-0.05, 0) is 54.4 Å². The van der Waals surface area contributed by atoms with E-state index in [1.807, 2.05) is 93.6 Å². The second-order valence-corrected chi connectivity index (χ2v) is 7.56. The third-order valence-corrected chi connectivity index (χ3v) is 4.72. The van der Waals surface area contributed by atoms with Gasteiger partial charge in [-0.25, -0.2) is 0 Å². The van der Waals surface area contributed by atoms with E-state index in [1.165, 1.54) is 0 Å². The monoisotopic (exact) mass is 418 g/mol. The molecule has 3 aromatic carbocycles. The molecule has 0 atom stereocenters. The van der Waals surface area contributed by atoms with Crippen molar-refractivity contribution in [3.63, 3.8) is 0 Å². The number of anilines is 2. The molecule has 5 heteroatoms. The van der Waals surface area contributed by atoms with Crippen LogP contribution in [-0.4, -0.2) is 12.5 Å². The molecular weight excluding hydrogens is 388 g/mol. The normalized spacial score (nSPS) is 10.6. The molecule has 0 unspecified atom stereocenters. The zero-order chi connectivity index (χ0) is 22.1. The van der Waals surface area contributed by atoms with Crippen molar-refractivity contribution in [1.29, 1.82) is 0 Å². The van der Waals surface area contributed by atoms with E-state index in [4.69, 9.17) is 9.47 Å². The lowest BCUT2D eigenvalue weighted by Gasteiger charge is -2.14. The van der Waals surface area contributed by atoms with Crippen LogP contribution in [0.15, 0.2) is 72.8 Å². The molecule has 0 aliphatic rings. The summed E-state index contributed by atoms with van der Waals surface area (Å²) in [6, 6.07) is 23.8. The van der Waals surface area contributed by atoms with Crippen molar-refractivity contribution in [3.05, 3.63) is 83.9 Å². The highest BCUT2D eigenvalue weighted by atomic mass is 16.5. The topological polar surface area (TPSA) is 59.6 Å². The van der Waals surface area contributed by atoms with Gasteiger partial charge >= 0.3 is 0 Å². The maximum absolute atomic E-state index is 11.8. The van der Waals surface area contributed by atoms with Crippen molar-refractivity contribution >= 4 is 17.3 Å². The van der Waals surface area contributed by atoms with E-state index in [-0.39, 0.29) is 11.8 Å². The van der Waals surface area contributed by atoms with Crippen LogP contribution in [0.2, 0.25) is 0 Å². The van der Waals surface area contributed by atoms with Crippen molar-refractivity contribution in [3.8, 4) is 11.5 Å². The number of ether oxygens (including phenoxy) is 2. The first-order chi connectivity index (χ1) is 15.0. The van der Waals surface area contributed by atoms with Gasteiger partial charge in [0.2, 0.25) is 5.91 Å². The molecule has 0 aromatic heterocycles. The molecule has 0 aliphatic carbocycles. The number of amides is 1. The van der Waals surface area contributed by atoms with Crippen LogP contribution in [0.25, 0.3) is 0 Å². The summed E-state index contributed by atoms with van der Waals surface area (Å²) in [6.07, 6.45) is 0. The van der Waals surface area contributed by atoms with E-state index in [1.54, 1.807) is 0 Å². The average Bonchev–Trinajstić information content (AvgIpc) is 2.79. The summed E-state index contributed by atoms with van der Waals surface area (Å²) >= 11 is 0. The minimum atomic E-state index is -0.0445. The molecule has 5 nitrogen and oxygen atoms in total. The van der Waals surface area contributed by atoms with Gasteiger partial charge in [-0.1, -0.05) is 50.2 Å². The van der Waals surface area contributed by atoms with Gasteiger partial charge in [-0.15, -0.1) is 0 Å². The quantitative estimate of drug-likeness (QED) is 0.432. The van der Waals surface area contributed by atoms with E-state index >= 15 is 0 Å². The molecule has 0 saturated heterocycles. The van der Waals surface area contributed by atoms with E-state index in [9.17, 15) is 4.79 Å². The Kier molecular flexibility index (Phi) is 7.93. The van der Waals surface area contributed by atoms with Crippen molar-refractivity contribution < 1.29 is 14.3 Å². The van der Waals surface area contributed by atoms with E-state index in [0.717, 1.165) is 34.0 Å². The van der Waals surface area contributed by atoms with Crippen LogP contribution in [0.1, 0.15) is 31.9 Å². The molecule has 0 saturated carbocycles. The smallest absolute Gasteiger partial charge is 0.226 e. The Morgan fingerprint density at radius 1 is 0.839 bits per heavy atom. The minimum Gasteiger partial charge on any atom is -0.490 e. The van der Waals surface area contributed by atoms with Crippen LogP contribution < -0.4 is 20.1 Å². The maximum atomic E-state index is 11.8. The Bertz CT molecular complexity index is 970. The summed E-state index contributed by atoms with van der Waals surface area (Å²) in [6.45, 7) is 7.43. The lowest BCUT2D eigenvalue weighted by atomic mass is 10.2. The SMILES string of the molecule is CCOc1cc(CNc2ccc(NC(=O)C(C)C)cc2)ccc1OCc1ccccc1. The first-order valence-corrected chi connectivity index (χ1v) is 10.6. The van der Waals surface area contributed by atoms with Crippen LogP contribution in [-0.2, 0) is 17.9 Å². The Morgan fingerprint density at radius 3 is 2.23 bits per heavy atom. The second-order valence-electron chi connectivity index (χ2n) is 7.56. The molecule has 0 heterocycles. The predicted molar refractivity (Wildman–Crippen MR) is 126 cm³/mol. The third-order valence-electron chi connectivity index (χ3n) is 4.72. The lowest BCUT2D eigenvalue weighted by molar-refractivity contribution is -0.118. The number of rotatable bonds is 10. The van der Waals surface area contributed by atoms with Gasteiger partial charge in [0.05, 0.1) is 6.61 Å². The van der Waals surface area contributed by atoms with E-state index in [2.05, 4.69) is 10.6 Å². The highest BCUT2D eigenvalue weighted by Crippen LogP contribution is 2.29. The summed E-state index contributed by atoms with van der Waals surface area (Å²) in [5.74, 6) is 1.44. The first kappa shape index (κ1) is 22.2. The van der Waals surface area contributed by atoms with Crippen molar-refractivity contribution in [2.24, 2.45) is 5.92 Å². The highest BCUT2D eigenvalue weighted by molar-refractivity contribution is 5.92. The van der Waals surface area contributed by atoms with Gasteiger partial charge in [-0.3, -0.25) is 4.79 Å². The minimum absolute atomic E-state index is 0.0127. The number of hydrogen-bond acceptors (Lipinski definition) is 4. The maximum Gasteiger partial charge on any atom is 0.226 e. The molecule has 1 amide bonds. The van der Waals surface area contributed by atoms with Gasteiger partial charge < -0.3 is 20.1 Å². The van der Waals surface area contributed by atoms with Crippen LogP contribution >= 0.6 is 0 Å². The zero-order valence-electron chi connectivity index (χ0n) is 18.4. The molecule has 0 bridgehead atoms. The van der Waals surface area contributed by atoms with Crippen LogP contribution in [0, 0.1) is 5.92 Å². The van der Waals surface area contributed by atoms with Gasteiger partial charge in [0, 0.05) is 23.8 Å². The third kappa shape index (κ3) is 6.78.